The topological polar surface area (TPSA) is 50.7 Å². The smallest absolute Gasteiger partial charge is 0.305 e. The van der Waals surface area contributed by atoms with Crippen LogP contribution in [-0.4, -0.2) is 21.1 Å². The van der Waals surface area contributed by atoms with Gasteiger partial charge in [-0.1, -0.05) is 11.4 Å². The molecule has 9 heteroatoms. The lowest BCUT2D eigenvalue weighted by molar-refractivity contribution is -0.137. The number of alkyl halides is 3. The third kappa shape index (κ3) is 3.10. The van der Waals surface area contributed by atoms with Gasteiger partial charge in [0.1, 0.15) is 0 Å². The summed E-state index contributed by atoms with van der Waals surface area (Å²) >= 11 is 1.83. The Kier molecular flexibility index (Phi) is 4.16. The molecule has 0 saturated carbocycles. The Hall–Kier alpha value is -1.06. The largest absolute Gasteiger partial charge is 0.443 e. The highest BCUT2D eigenvalue weighted by Crippen LogP contribution is 2.37. The number of thiazole rings is 1. The maximum absolute atomic E-state index is 12.6. The Morgan fingerprint density at radius 1 is 1.42 bits per heavy atom. The van der Waals surface area contributed by atoms with Crippen LogP contribution in [0, 0.1) is 6.92 Å². The summed E-state index contributed by atoms with van der Waals surface area (Å²) in [4.78, 5) is 4.78. The van der Waals surface area contributed by atoms with Crippen LogP contribution in [0.2, 0.25) is 0 Å². The van der Waals surface area contributed by atoms with E-state index >= 15 is 0 Å². The zero-order chi connectivity index (χ0) is 14.0. The summed E-state index contributed by atoms with van der Waals surface area (Å²) in [6.45, 7) is 4.30. The molecule has 0 spiro atoms. The Morgan fingerprint density at radius 3 is 2.63 bits per heavy atom. The highest BCUT2D eigenvalue weighted by molar-refractivity contribution is 7.12. The summed E-state index contributed by atoms with van der Waals surface area (Å²) in [5.41, 5.74) is 0.720. The average Bonchev–Trinajstić information content (AvgIpc) is 2.94. The van der Waals surface area contributed by atoms with Crippen LogP contribution >= 0.6 is 22.9 Å². The van der Waals surface area contributed by atoms with E-state index in [0.29, 0.717) is 22.8 Å². The van der Waals surface area contributed by atoms with Gasteiger partial charge in [0, 0.05) is 11.1 Å². The molecule has 1 atom stereocenters. The van der Waals surface area contributed by atoms with Crippen LogP contribution in [0.1, 0.15) is 33.4 Å². The number of aromatic nitrogens is 3. The minimum absolute atomic E-state index is 0.335. The van der Waals surface area contributed by atoms with Crippen molar-refractivity contribution in [1.29, 1.82) is 0 Å². The van der Waals surface area contributed by atoms with E-state index in [1.54, 1.807) is 6.92 Å². The van der Waals surface area contributed by atoms with E-state index in [4.69, 9.17) is 0 Å². The van der Waals surface area contributed by atoms with E-state index in [1.165, 1.54) is 17.7 Å². The Morgan fingerprint density at radius 2 is 2.16 bits per heavy atom. The molecule has 0 aromatic carbocycles. The normalized spacial score (nSPS) is 13.7. The molecule has 19 heavy (non-hydrogen) atoms. The fourth-order valence-corrected chi connectivity index (χ4v) is 3.26. The number of hydrogen-bond donors (Lipinski definition) is 1. The van der Waals surface area contributed by atoms with E-state index in [0.717, 1.165) is 10.6 Å². The van der Waals surface area contributed by atoms with E-state index in [1.807, 2.05) is 6.92 Å². The zero-order valence-corrected chi connectivity index (χ0v) is 11.8. The minimum Gasteiger partial charge on any atom is -0.305 e. The number of nitrogens with zero attached hydrogens (tertiary/aromatic N) is 3. The van der Waals surface area contributed by atoms with Crippen molar-refractivity contribution in [2.45, 2.75) is 26.1 Å². The van der Waals surface area contributed by atoms with Gasteiger partial charge >= 0.3 is 6.18 Å². The molecule has 1 N–H and O–H groups in total. The Labute approximate surface area is 115 Å². The minimum atomic E-state index is -4.40. The van der Waals surface area contributed by atoms with Gasteiger partial charge in [-0.25, -0.2) is 4.98 Å². The van der Waals surface area contributed by atoms with Crippen LogP contribution in [0.25, 0.3) is 0 Å². The van der Waals surface area contributed by atoms with Crippen LogP contribution in [0.5, 0.6) is 0 Å². The maximum atomic E-state index is 12.6. The van der Waals surface area contributed by atoms with Crippen molar-refractivity contribution in [2.24, 2.45) is 0 Å². The van der Waals surface area contributed by atoms with E-state index in [2.05, 4.69) is 19.9 Å². The monoisotopic (exact) mass is 308 g/mol. The van der Waals surface area contributed by atoms with Gasteiger partial charge in [0.25, 0.3) is 0 Å². The van der Waals surface area contributed by atoms with Crippen molar-refractivity contribution in [1.82, 2.24) is 19.9 Å². The molecule has 1 unspecified atom stereocenters. The molecule has 0 radical (unpaired) electrons. The van der Waals surface area contributed by atoms with E-state index in [9.17, 15) is 13.2 Å². The maximum Gasteiger partial charge on any atom is 0.443 e. The summed E-state index contributed by atoms with van der Waals surface area (Å²) in [5.74, 6) is 0. The summed E-state index contributed by atoms with van der Waals surface area (Å²) in [6, 6.07) is -0.335. The Balaban J connectivity index is 2.35. The molecule has 0 amide bonds. The van der Waals surface area contributed by atoms with Gasteiger partial charge in [-0.2, -0.15) is 13.2 Å². The van der Waals surface area contributed by atoms with Gasteiger partial charge in [-0.05, 0) is 25.0 Å². The number of nitrogens with one attached hydrogen (secondary N) is 1. The second-order valence-electron chi connectivity index (χ2n) is 3.78. The zero-order valence-electron chi connectivity index (χ0n) is 10.2. The van der Waals surface area contributed by atoms with Gasteiger partial charge in [-0.15, -0.1) is 16.4 Å². The predicted octanol–water partition coefficient (Wildman–Crippen LogP) is 3.02. The number of halogens is 3. The van der Waals surface area contributed by atoms with Crippen molar-refractivity contribution in [3.63, 3.8) is 0 Å². The molecule has 0 aliphatic heterocycles. The number of aryl methyl sites for hydroxylation is 1. The summed E-state index contributed by atoms with van der Waals surface area (Å²) in [6.07, 6.45) is -3.14. The first kappa shape index (κ1) is 14.4. The first-order valence-corrected chi connectivity index (χ1v) is 7.07. The van der Waals surface area contributed by atoms with Gasteiger partial charge in [-0.3, -0.25) is 0 Å². The molecular weight excluding hydrogens is 297 g/mol. The molecule has 0 aliphatic rings. The number of rotatable bonds is 4. The molecule has 104 valence electrons. The lowest BCUT2D eigenvalue weighted by atomic mass is 10.2. The van der Waals surface area contributed by atoms with Crippen molar-refractivity contribution in [3.8, 4) is 0 Å². The average molecular weight is 308 g/mol. The first-order chi connectivity index (χ1) is 8.93. The predicted molar refractivity (Wildman–Crippen MR) is 67.3 cm³/mol. The summed E-state index contributed by atoms with van der Waals surface area (Å²) in [5, 5.41) is 6.20. The molecule has 0 bridgehead atoms. The quantitative estimate of drug-likeness (QED) is 0.943. The fourth-order valence-electron chi connectivity index (χ4n) is 1.58. The van der Waals surface area contributed by atoms with E-state index in [-0.39, 0.29) is 6.04 Å². The third-order valence-corrected chi connectivity index (χ3v) is 4.41. The van der Waals surface area contributed by atoms with Crippen molar-refractivity contribution < 1.29 is 13.2 Å². The van der Waals surface area contributed by atoms with Gasteiger partial charge < -0.3 is 5.32 Å². The number of hydrogen-bond acceptors (Lipinski definition) is 6. The molecule has 2 aromatic rings. The fraction of sp³-hybridized carbons (Fsp3) is 0.500. The van der Waals surface area contributed by atoms with Gasteiger partial charge in [0.05, 0.1) is 16.6 Å². The second-order valence-corrected chi connectivity index (χ2v) is 5.63. The van der Waals surface area contributed by atoms with E-state index < -0.39 is 11.2 Å². The SMILES string of the molecule is CCNC(c1cnc(C(F)(F)F)s1)c1snnc1C. The highest BCUT2D eigenvalue weighted by atomic mass is 32.1. The molecule has 0 aliphatic carbocycles. The lowest BCUT2D eigenvalue weighted by Gasteiger charge is -2.14. The molecule has 4 nitrogen and oxygen atoms in total. The van der Waals surface area contributed by atoms with Crippen LogP contribution in [0.15, 0.2) is 6.20 Å². The molecule has 2 heterocycles. The van der Waals surface area contributed by atoms with Crippen LogP contribution in [-0.2, 0) is 6.18 Å². The lowest BCUT2D eigenvalue weighted by Crippen LogP contribution is -2.20. The first-order valence-electron chi connectivity index (χ1n) is 5.48. The van der Waals surface area contributed by atoms with Gasteiger partial charge in [0.15, 0.2) is 5.01 Å². The van der Waals surface area contributed by atoms with Crippen molar-refractivity contribution in [2.75, 3.05) is 6.54 Å². The second kappa shape index (κ2) is 5.51. The van der Waals surface area contributed by atoms with Crippen LogP contribution < -0.4 is 5.32 Å². The van der Waals surface area contributed by atoms with Crippen LogP contribution in [0.4, 0.5) is 13.2 Å². The molecule has 0 saturated heterocycles. The molecule has 0 fully saturated rings. The summed E-state index contributed by atoms with van der Waals surface area (Å²) < 4.78 is 41.6. The molecular formula is C10H11F3N4S2. The molecule has 2 aromatic heterocycles. The third-order valence-electron chi connectivity index (χ3n) is 2.41. The van der Waals surface area contributed by atoms with Crippen molar-refractivity contribution >= 4 is 22.9 Å². The summed E-state index contributed by atoms with van der Waals surface area (Å²) in [7, 11) is 0. The van der Waals surface area contributed by atoms with Gasteiger partial charge in [0.2, 0.25) is 0 Å². The van der Waals surface area contributed by atoms with Crippen LogP contribution in [0.3, 0.4) is 0 Å². The van der Waals surface area contributed by atoms with Crippen molar-refractivity contribution in [3.05, 3.63) is 26.7 Å². The molecule has 2 rings (SSSR count). The Bertz CT molecular complexity index is 549. The highest BCUT2D eigenvalue weighted by Gasteiger charge is 2.35. The standard InChI is InChI=1S/C10H11F3N4S2/c1-3-14-7(8-5(2)16-17-19-8)6-4-15-9(18-6)10(11,12)13/h4,7,14H,3H2,1-2H3.